The minimum atomic E-state index is 0.424. The van der Waals surface area contributed by atoms with Crippen LogP contribution in [-0.2, 0) is 0 Å². The van der Waals surface area contributed by atoms with Gasteiger partial charge < -0.3 is 0 Å². The van der Waals surface area contributed by atoms with Gasteiger partial charge in [0.2, 0.25) is 0 Å². The second-order valence-corrected chi connectivity index (χ2v) is 4.44. The van der Waals surface area contributed by atoms with Crippen molar-refractivity contribution in [1.29, 1.82) is 0 Å². The van der Waals surface area contributed by atoms with Gasteiger partial charge in [-0.2, -0.15) is 0 Å². The summed E-state index contributed by atoms with van der Waals surface area (Å²) in [4.78, 5) is 7.40. The van der Waals surface area contributed by atoms with Gasteiger partial charge in [-0.15, -0.1) is 0 Å². The van der Waals surface area contributed by atoms with Crippen molar-refractivity contribution in [2.24, 2.45) is 0 Å². The van der Waals surface area contributed by atoms with E-state index in [0.717, 1.165) is 10.1 Å². The van der Waals surface area contributed by atoms with Gasteiger partial charge in [-0.1, -0.05) is 0 Å². The molecule has 0 unspecified atom stereocenters. The number of rotatable bonds is 1. The monoisotopic (exact) mass is 222 g/mol. The number of hydrogen-bond acceptors (Lipinski definition) is 2. The number of aromatic amines is 1. The van der Waals surface area contributed by atoms with Gasteiger partial charge in [0, 0.05) is 0 Å². The molecule has 0 fully saturated rings. The van der Waals surface area contributed by atoms with Gasteiger partial charge in [0.25, 0.3) is 0 Å². The normalized spacial score (nSPS) is 10.5. The summed E-state index contributed by atoms with van der Waals surface area (Å²) in [6.07, 6.45) is 0. The van der Waals surface area contributed by atoms with Gasteiger partial charge in [0.05, 0.1) is 0 Å². The molecule has 0 saturated heterocycles. The van der Waals surface area contributed by atoms with Gasteiger partial charge in [-0.25, -0.2) is 0 Å². The Morgan fingerprint density at radius 1 is 1.64 bits per heavy atom. The summed E-state index contributed by atoms with van der Waals surface area (Å²) < 4.78 is 1.83. The van der Waals surface area contributed by atoms with E-state index in [-0.39, 0.29) is 0 Å². The van der Waals surface area contributed by atoms with Crippen molar-refractivity contribution in [1.82, 2.24) is 9.97 Å². The van der Waals surface area contributed by atoms with Crippen LogP contribution in [0.25, 0.3) is 0 Å². The van der Waals surface area contributed by atoms with Crippen LogP contribution in [-0.4, -0.2) is 28.6 Å². The van der Waals surface area contributed by atoms with Crippen molar-refractivity contribution < 1.29 is 0 Å². The summed E-state index contributed by atoms with van der Waals surface area (Å²) in [7, 11) is 0. The number of hydrogen-bond donors (Lipinski definition) is 1. The van der Waals surface area contributed by atoms with E-state index < -0.39 is 0 Å². The van der Waals surface area contributed by atoms with Gasteiger partial charge >= 0.3 is 81.3 Å². The second-order valence-electron chi connectivity index (χ2n) is 2.71. The van der Waals surface area contributed by atoms with Crippen LogP contribution in [0, 0.1) is 4.64 Å². The summed E-state index contributed by atoms with van der Waals surface area (Å²) >= 11 is 6.53. The summed E-state index contributed by atoms with van der Waals surface area (Å²) in [6, 6.07) is 1.89. The van der Waals surface area contributed by atoms with Crippen molar-refractivity contribution in [2.45, 2.75) is 19.8 Å². The molecule has 0 atom stereocenters. The van der Waals surface area contributed by atoms with Gasteiger partial charge in [-0.3, -0.25) is 0 Å². The molecule has 4 heteroatoms. The quantitative estimate of drug-likeness (QED) is 0.569. The zero-order valence-corrected chi connectivity index (χ0v) is 9.83. The molecule has 0 aliphatic heterocycles. The first-order chi connectivity index (χ1) is 5.09. The molecule has 11 heavy (non-hydrogen) atoms. The molecule has 1 aromatic heterocycles. The average Bonchev–Trinajstić information content (AvgIpc) is 1.85. The maximum atomic E-state index is 4.99. The van der Waals surface area contributed by atoms with Crippen molar-refractivity contribution in [2.75, 3.05) is 0 Å². The Morgan fingerprint density at radius 3 is 2.73 bits per heavy atom. The third kappa shape index (κ3) is 2.46. The van der Waals surface area contributed by atoms with Gasteiger partial charge in [0.1, 0.15) is 0 Å². The van der Waals surface area contributed by atoms with E-state index >= 15 is 0 Å². The van der Waals surface area contributed by atoms with Crippen molar-refractivity contribution in [3.05, 3.63) is 16.5 Å². The van der Waals surface area contributed by atoms with E-state index in [4.69, 9.17) is 12.2 Å². The predicted molar refractivity (Wildman–Crippen MR) is 48.9 cm³/mol. The molecule has 1 heterocycles. The fraction of sp³-hybridized carbons (Fsp3) is 0.429. The molecule has 1 N–H and O–H groups in total. The SMILES string of the molecule is CC(C)c1nc(=S)c[c]([Ga])[nH]1. The summed E-state index contributed by atoms with van der Waals surface area (Å²) in [6.45, 7) is 4.19. The van der Waals surface area contributed by atoms with Crippen LogP contribution in [0.4, 0.5) is 0 Å². The van der Waals surface area contributed by atoms with E-state index in [1.807, 2.05) is 6.07 Å². The van der Waals surface area contributed by atoms with Crippen LogP contribution in [0.1, 0.15) is 25.6 Å². The Balaban J connectivity index is 3.19. The van der Waals surface area contributed by atoms with E-state index in [2.05, 4.69) is 23.8 Å². The summed E-state index contributed by atoms with van der Waals surface area (Å²) in [5.74, 6) is 1.41. The van der Waals surface area contributed by atoms with E-state index in [1.165, 1.54) is 0 Å². The zero-order valence-electron chi connectivity index (χ0n) is 6.59. The summed E-state index contributed by atoms with van der Waals surface area (Å²) in [5, 5.41) is 0. The molecule has 2 radical (unpaired) electrons. The molecular weight excluding hydrogens is 214 g/mol. The van der Waals surface area contributed by atoms with Gasteiger partial charge in [-0.05, 0) is 0 Å². The molecule has 0 aromatic carbocycles. The fourth-order valence-corrected chi connectivity index (χ4v) is 1.89. The van der Waals surface area contributed by atoms with Crippen molar-refractivity contribution in [3.8, 4) is 0 Å². The Kier molecular flexibility index (Phi) is 2.92. The second kappa shape index (κ2) is 3.56. The Bertz CT molecular complexity index is 306. The Morgan fingerprint density at radius 2 is 2.27 bits per heavy atom. The van der Waals surface area contributed by atoms with Crippen LogP contribution in [0.5, 0.6) is 0 Å². The first-order valence-electron chi connectivity index (χ1n) is 3.46. The predicted octanol–water partition coefficient (Wildman–Crippen LogP) is 1.06. The minimum absolute atomic E-state index is 0.424. The number of nitrogens with zero attached hydrogens (tertiary/aromatic N) is 1. The third-order valence-electron chi connectivity index (χ3n) is 1.33. The molecule has 2 nitrogen and oxygen atoms in total. The maximum absolute atomic E-state index is 4.99. The molecule has 0 bridgehead atoms. The van der Waals surface area contributed by atoms with Crippen LogP contribution < -0.4 is 4.25 Å². The molecule has 56 valence electrons. The molecule has 0 aliphatic carbocycles. The van der Waals surface area contributed by atoms with Crippen LogP contribution in [0.15, 0.2) is 6.07 Å². The van der Waals surface area contributed by atoms with Crippen LogP contribution >= 0.6 is 12.2 Å². The summed E-state index contributed by atoms with van der Waals surface area (Å²) in [5.41, 5.74) is 0. The first kappa shape index (κ1) is 9.03. The number of aromatic nitrogens is 2. The molecular formula is C7H9GaN2S. The van der Waals surface area contributed by atoms with E-state index in [9.17, 15) is 0 Å². The Hall–Kier alpha value is -0.0636. The van der Waals surface area contributed by atoms with Crippen molar-refractivity contribution in [3.63, 3.8) is 0 Å². The van der Waals surface area contributed by atoms with Crippen LogP contribution in [0.3, 0.4) is 0 Å². The van der Waals surface area contributed by atoms with Crippen LogP contribution in [0.2, 0.25) is 0 Å². The van der Waals surface area contributed by atoms with Gasteiger partial charge in [0.15, 0.2) is 0 Å². The average molecular weight is 223 g/mol. The molecule has 0 saturated carbocycles. The number of nitrogens with one attached hydrogen (secondary N) is 1. The molecule has 1 aromatic rings. The molecule has 0 spiro atoms. The van der Waals surface area contributed by atoms with Crippen molar-refractivity contribution >= 4 is 35.1 Å². The third-order valence-corrected chi connectivity index (χ3v) is 2.19. The molecule has 0 aliphatic rings. The fourth-order valence-electron chi connectivity index (χ4n) is 0.769. The standard InChI is InChI=1S/C7H9N2S.Ga/c1-5(2)7-8-4-3-6(10)9-7;/h3,5H,1-2H3,(H,8,9,10);. The molecule has 1 rings (SSSR count). The molecule has 0 amide bonds. The zero-order chi connectivity index (χ0) is 8.43. The first-order valence-corrected chi connectivity index (χ1v) is 5.08. The van der Waals surface area contributed by atoms with E-state index in [1.54, 1.807) is 18.6 Å². The number of H-pyrrole nitrogens is 1. The van der Waals surface area contributed by atoms with E-state index in [0.29, 0.717) is 10.6 Å². The Labute approximate surface area is 81.4 Å². The topological polar surface area (TPSA) is 28.7 Å².